The van der Waals surface area contributed by atoms with Crippen LogP contribution in [0.5, 0.6) is 5.75 Å². The average Bonchev–Trinajstić information content (AvgIpc) is 3.02. The van der Waals surface area contributed by atoms with Crippen molar-refractivity contribution in [3.63, 3.8) is 0 Å². The molecule has 140 valence electrons. The number of hydrogen-bond acceptors (Lipinski definition) is 6. The summed E-state index contributed by atoms with van der Waals surface area (Å²) < 4.78 is 10.7. The van der Waals surface area contributed by atoms with Gasteiger partial charge in [-0.2, -0.15) is 0 Å². The Bertz CT molecular complexity index is 1070. The third kappa shape index (κ3) is 3.60. The van der Waals surface area contributed by atoms with E-state index in [1.54, 1.807) is 18.2 Å². The van der Waals surface area contributed by atoms with E-state index in [0.29, 0.717) is 34.4 Å². The molecule has 0 aliphatic heterocycles. The molecule has 0 saturated carbocycles. The van der Waals surface area contributed by atoms with Crippen LogP contribution in [0.3, 0.4) is 0 Å². The van der Waals surface area contributed by atoms with Gasteiger partial charge in [0.1, 0.15) is 11.3 Å². The maximum absolute atomic E-state index is 12.8. The minimum Gasteiger partial charge on any atom is -0.494 e. The van der Waals surface area contributed by atoms with E-state index in [2.05, 4.69) is 17.2 Å². The standard InChI is InChI=1S/C20H20N2O4S/c1-3-25-12-5-6-13-14(10-18(23)26-16(13)9-12)19(24)22-20-21-15-7-4-11(2)8-17(15)27-20/h5-6,9-11H,3-4,7-8H2,1-2H3,(H,21,22,24). The third-order valence-electron chi connectivity index (χ3n) is 4.68. The predicted octanol–water partition coefficient (Wildman–Crippen LogP) is 4.03. The lowest BCUT2D eigenvalue weighted by Crippen LogP contribution is -2.15. The molecule has 0 spiro atoms. The van der Waals surface area contributed by atoms with Gasteiger partial charge in [-0.1, -0.05) is 6.92 Å². The van der Waals surface area contributed by atoms with Crippen LogP contribution in [0.1, 0.15) is 41.2 Å². The number of carbonyl (C=O) groups excluding carboxylic acids is 1. The SMILES string of the molecule is CCOc1ccc2c(C(=O)Nc3nc4c(s3)CC(C)CC4)cc(=O)oc2c1. The van der Waals surface area contributed by atoms with Gasteiger partial charge in [0, 0.05) is 22.4 Å². The van der Waals surface area contributed by atoms with Crippen LogP contribution in [-0.4, -0.2) is 17.5 Å². The fourth-order valence-electron chi connectivity index (χ4n) is 3.35. The molecule has 1 aliphatic carbocycles. The first-order valence-electron chi connectivity index (χ1n) is 9.04. The molecular formula is C20H20N2O4S. The van der Waals surface area contributed by atoms with Gasteiger partial charge < -0.3 is 9.15 Å². The van der Waals surface area contributed by atoms with Crippen molar-refractivity contribution in [1.29, 1.82) is 0 Å². The second-order valence-electron chi connectivity index (χ2n) is 6.76. The normalized spacial score (nSPS) is 16.1. The molecule has 0 radical (unpaired) electrons. The highest BCUT2D eigenvalue weighted by Gasteiger charge is 2.21. The molecular weight excluding hydrogens is 364 g/mol. The number of nitrogens with zero attached hydrogens (tertiary/aromatic N) is 1. The van der Waals surface area contributed by atoms with Crippen LogP contribution in [-0.2, 0) is 12.8 Å². The van der Waals surface area contributed by atoms with Crippen LogP contribution in [0.4, 0.5) is 5.13 Å². The van der Waals surface area contributed by atoms with Crippen LogP contribution >= 0.6 is 11.3 Å². The molecule has 0 saturated heterocycles. The van der Waals surface area contributed by atoms with Crippen molar-refractivity contribution >= 4 is 33.3 Å². The molecule has 0 fully saturated rings. The molecule has 1 amide bonds. The van der Waals surface area contributed by atoms with Gasteiger partial charge in [-0.3, -0.25) is 10.1 Å². The third-order valence-corrected chi connectivity index (χ3v) is 5.71. The number of aromatic nitrogens is 1. The van der Waals surface area contributed by atoms with E-state index in [4.69, 9.17) is 9.15 Å². The van der Waals surface area contributed by atoms with Crippen LogP contribution < -0.4 is 15.7 Å². The number of benzene rings is 1. The van der Waals surface area contributed by atoms with Crippen LogP contribution in [0.15, 0.2) is 33.5 Å². The Hall–Kier alpha value is -2.67. The molecule has 2 heterocycles. The summed E-state index contributed by atoms with van der Waals surface area (Å²) in [6, 6.07) is 6.33. The number of anilines is 1. The molecule has 3 aromatic rings. The summed E-state index contributed by atoms with van der Waals surface area (Å²) in [5.74, 6) is 0.868. The molecule has 6 nitrogen and oxygen atoms in total. The monoisotopic (exact) mass is 384 g/mol. The van der Waals surface area contributed by atoms with Crippen molar-refractivity contribution in [3.8, 4) is 5.75 Å². The van der Waals surface area contributed by atoms with Gasteiger partial charge in [0.25, 0.3) is 5.91 Å². The largest absolute Gasteiger partial charge is 0.494 e. The number of hydrogen-bond donors (Lipinski definition) is 1. The lowest BCUT2D eigenvalue weighted by atomic mass is 9.93. The molecule has 0 bridgehead atoms. The van der Waals surface area contributed by atoms with Gasteiger partial charge in [0.05, 0.1) is 17.9 Å². The zero-order valence-electron chi connectivity index (χ0n) is 15.2. The molecule has 1 aromatic carbocycles. The van der Waals surface area contributed by atoms with Gasteiger partial charge in [-0.15, -0.1) is 11.3 Å². The Morgan fingerprint density at radius 3 is 3.07 bits per heavy atom. The highest BCUT2D eigenvalue weighted by molar-refractivity contribution is 7.15. The molecule has 1 unspecified atom stereocenters. The fourth-order valence-corrected chi connectivity index (χ4v) is 4.51. The predicted molar refractivity (Wildman–Crippen MR) is 105 cm³/mol. The van der Waals surface area contributed by atoms with Gasteiger partial charge in [-0.05, 0) is 44.2 Å². The summed E-state index contributed by atoms with van der Waals surface area (Å²) in [6.07, 6.45) is 3.07. The van der Waals surface area contributed by atoms with Gasteiger partial charge in [0.15, 0.2) is 5.13 Å². The maximum Gasteiger partial charge on any atom is 0.337 e. The van der Waals surface area contributed by atoms with Gasteiger partial charge in [-0.25, -0.2) is 9.78 Å². The van der Waals surface area contributed by atoms with Crippen LogP contribution in [0, 0.1) is 5.92 Å². The van der Waals surface area contributed by atoms with E-state index in [1.165, 1.54) is 22.3 Å². The quantitative estimate of drug-likeness (QED) is 0.687. The smallest absolute Gasteiger partial charge is 0.337 e. The Morgan fingerprint density at radius 2 is 2.26 bits per heavy atom. The van der Waals surface area contributed by atoms with Crippen LogP contribution in [0.25, 0.3) is 11.0 Å². The van der Waals surface area contributed by atoms with Crippen molar-refractivity contribution in [2.75, 3.05) is 11.9 Å². The molecule has 4 rings (SSSR count). The number of amides is 1. The maximum atomic E-state index is 12.8. The number of aryl methyl sites for hydroxylation is 1. The van der Waals surface area contributed by atoms with Crippen molar-refractivity contribution in [3.05, 3.63) is 50.8 Å². The Labute approximate surface area is 160 Å². The number of ether oxygens (including phenoxy) is 1. The summed E-state index contributed by atoms with van der Waals surface area (Å²) in [4.78, 5) is 30.5. The summed E-state index contributed by atoms with van der Waals surface area (Å²) in [5, 5.41) is 3.98. The minimum absolute atomic E-state index is 0.269. The van der Waals surface area contributed by atoms with E-state index in [9.17, 15) is 9.59 Å². The molecule has 2 aromatic heterocycles. The Kier molecular flexibility index (Phi) is 4.70. The molecule has 7 heteroatoms. The molecule has 1 aliphatic rings. The summed E-state index contributed by atoms with van der Waals surface area (Å²) in [5.41, 5.74) is 1.09. The van der Waals surface area contributed by atoms with E-state index in [0.717, 1.165) is 25.0 Å². The highest BCUT2D eigenvalue weighted by atomic mass is 32.1. The summed E-state index contributed by atoms with van der Waals surface area (Å²) in [7, 11) is 0. The second kappa shape index (κ2) is 7.15. The van der Waals surface area contributed by atoms with Gasteiger partial charge >= 0.3 is 5.63 Å². The number of rotatable bonds is 4. The minimum atomic E-state index is -0.575. The lowest BCUT2D eigenvalue weighted by molar-refractivity contribution is 0.102. The van der Waals surface area contributed by atoms with E-state index in [1.807, 2.05) is 6.92 Å². The lowest BCUT2D eigenvalue weighted by Gasteiger charge is -2.15. The first-order valence-corrected chi connectivity index (χ1v) is 9.85. The van der Waals surface area contributed by atoms with E-state index >= 15 is 0 Å². The van der Waals surface area contributed by atoms with Crippen molar-refractivity contribution < 1.29 is 13.9 Å². The van der Waals surface area contributed by atoms with Gasteiger partial charge in [0.2, 0.25) is 0 Å². The highest BCUT2D eigenvalue weighted by Crippen LogP contribution is 2.32. The Morgan fingerprint density at radius 1 is 1.41 bits per heavy atom. The topological polar surface area (TPSA) is 81.4 Å². The van der Waals surface area contributed by atoms with Crippen molar-refractivity contribution in [2.24, 2.45) is 5.92 Å². The number of thiazole rings is 1. The van der Waals surface area contributed by atoms with E-state index in [-0.39, 0.29) is 11.5 Å². The number of nitrogens with one attached hydrogen (secondary N) is 1. The molecule has 27 heavy (non-hydrogen) atoms. The number of carbonyl (C=O) groups is 1. The van der Waals surface area contributed by atoms with Crippen LogP contribution in [0.2, 0.25) is 0 Å². The summed E-state index contributed by atoms with van der Waals surface area (Å²) in [6.45, 7) is 4.61. The van der Waals surface area contributed by atoms with Crippen molar-refractivity contribution in [1.82, 2.24) is 4.98 Å². The zero-order valence-corrected chi connectivity index (χ0v) is 16.0. The fraction of sp³-hybridized carbons (Fsp3) is 0.350. The first kappa shape index (κ1) is 17.7. The first-order chi connectivity index (χ1) is 13.0. The molecule has 1 N–H and O–H groups in total. The Balaban J connectivity index is 1.65. The zero-order chi connectivity index (χ0) is 19.0. The van der Waals surface area contributed by atoms with Crippen molar-refractivity contribution in [2.45, 2.75) is 33.1 Å². The van der Waals surface area contributed by atoms with E-state index < -0.39 is 5.63 Å². The molecule has 1 atom stereocenters. The average molecular weight is 384 g/mol. The number of fused-ring (bicyclic) bond motifs is 2. The second-order valence-corrected chi connectivity index (χ2v) is 7.84. The summed E-state index contributed by atoms with van der Waals surface area (Å²) >= 11 is 1.52.